The fourth-order valence-electron chi connectivity index (χ4n) is 2.12. The molecule has 1 aromatic carbocycles. The highest BCUT2D eigenvalue weighted by atomic mass is 79.9. The van der Waals surface area contributed by atoms with Crippen molar-refractivity contribution in [2.45, 2.75) is 26.9 Å². The third kappa shape index (κ3) is 4.71. The second-order valence-corrected chi connectivity index (χ2v) is 5.58. The highest BCUT2D eigenvalue weighted by Gasteiger charge is 2.11. The van der Waals surface area contributed by atoms with Gasteiger partial charge in [0, 0.05) is 25.5 Å². The van der Waals surface area contributed by atoms with E-state index >= 15 is 0 Å². The normalized spacial score (nSPS) is 10.5. The third-order valence-corrected chi connectivity index (χ3v) is 3.65. The van der Waals surface area contributed by atoms with E-state index in [2.05, 4.69) is 32.3 Å². The Kier molecular flexibility index (Phi) is 6.68. The van der Waals surface area contributed by atoms with Gasteiger partial charge in [-0.05, 0) is 65.2 Å². The van der Waals surface area contributed by atoms with Crippen LogP contribution in [0.3, 0.4) is 0 Å². The van der Waals surface area contributed by atoms with Crippen molar-refractivity contribution in [1.82, 2.24) is 10.3 Å². The van der Waals surface area contributed by atoms with Crippen LogP contribution in [0.4, 0.5) is 0 Å². The molecule has 0 saturated heterocycles. The van der Waals surface area contributed by atoms with Crippen LogP contribution in [-0.2, 0) is 13.1 Å². The van der Waals surface area contributed by atoms with E-state index in [1.165, 1.54) is 5.56 Å². The quantitative estimate of drug-likeness (QED) is 0.770. The summed E-state index contributed by atoms with van der Waals surface area (Å²) in [4.78, 5) is 4.02. The number of hydrogen-bond donors (Lipinski definition) is 1. The number of pyridine rings is 1. The van der Waals surface area contributed by atoms with Crippen LogP contribution in [0.25, 0.3) is 0 Å². The van der Waals surface area contributed by atoms with Gasteiger partial charge in [-0.25, -0.2) is 0 Å². The maximum atomic E-state index is 5.68. The molecule has 0 bridgehead atoms. The summed E-state index contributed by atoms with van der Waals surface area (Å²) in [6.45, 7) is 6.72. The Bertz CT molecular complexity index is 591. The topological polar surface area (TPSA) is 43.4 Å². The molecule has 0 fully saturated rings. The number of aromatic nitrogens is 1. The van der Waals surface area contributed by atoms with Crippen LogP contribution in [0, 0.1) is 0 Å². The lowest BCUT2D eigenvalue weighted by Gasteiger charge is -2.15. The fraction of sp³-hybridized carbons (Fsp3) is 0.353. The van der Waals surface area contributed by atoms with Crippen LogP contribution in [0.2, 0.25) is 0 Å². The predicted molar refractivity (Wildman–Crippen MR) is 91.3 cm³/mol. The number of nitrogens with one attached hydrogen (secondary N) is 1. The standard InChI is InChI=1S/C17H21BrN2O2/c1-3-21-16-10-14(9-15(18)17(16)22-4-2)12-20-11-13-5-7-19-8-6-13/h5-10,20H,3-4,11-12H2,1-2H3. The Morgan fingerprint density at radius 3 is 2.36 bits per heavy atom. The summed E-state index contributed by atoms with van der Waals surface area (Å²) in [7, 11) is 0. The number of rotatable bonds is 8. The zero-order chi connectivity index (χ0) is 15.8. The minimum atomic E-state index is 0.609. The van der Waals surface area contributed by atoms with Crippen molar-refractivity contribution in [2.24, 2.45) is 0 Å². The summed E-state index contributed by atoms with van der Waals surface area (Å²) in [5.41, 5.74) is 2.36. The average Bonchev–Trinajstić information content (AvgIpc) is 2.52. The molecule has 0 radical (unpaired) electrons. The lowest BCUT2D eigenvalue weighted by Crippen LogP contribution is -2.13. The van der Waals surface area contributed by atoms with Crippen LogP contribution in [0.1, 0.15) is 25.0 Å². The average molecular weight is 365 g/mol. The van der Waals surface area contributed by atoms with Crippen molar-refractivity contribution in [3.63, 3.8) is 0 Å². The van der Waals surface area contributed by atoms with Gasteiger partial charge in [-0.2, -0.15) is 0 Å². The largest absolute Gasteiger partial charge is 0.490 e. The molecule has 0 atom stereocenters. The smallest absolute Gasteiger partial charge is 0.175 e. The van der Waals surface area contributed by atoms with Gasteiger partial charge in [0.1, 0.15) is 0 Å². The lowest BCUT2D eigenvalue weighted by molar-refractivity contribution is 0.286. The zero-order valence-corrected chi connectivity index (χ0v) is 14.5. The molecule has 0 saturated carbocycles. The fourth-order valence-corrected chi connectivity index (χ4v) is 2.73. The Balaban J connectivity index is 2.04. The number of halogens is 1. The van der Waals surface area contributed by atoms with Crippen LogP contribution in [-0.4, -0.2) is 18.2 Å². The summed E-state index contributed by atoms with van der Waals surface area (Å²) in [5.74, 6) is 1.54. The maximum absolute atomic E-state index is 5.68. The second-order valence-electron chi connectivity index (χ2n) is 4.73. The van der Waals surface area contributed by atoms with Crippen molar-refractivity contribution in [1.29, 1.82) is 0 Å². The molecular weight excluding hydrogens is 344 g/mol. The van der Waals surface area contributed by atoms with Crippen molar-refractivity contribution >= 4 is 15.9 Å². The van der Waals surface area contributed by atoms with Crippen LogP contribution in [0.15, 0.2) is 41.1 Å². The summed E-state index contributed by atoms with van der Waals surface area (Å²) in [5, 5.41) is 3.42. The van der Waals surface area contributed by atoms with E-state index in [0.717, 1.165) is 34.6 Å². The van der Waals surface area contributed by atoms with E-state index in [1.54, 1.807) is 12.4 Å². The van der Waals surface area contributed by atoms with E-state index in [9.17, 15) is 0 Å². The molecular formula is C17H21BrN2O2. The van der Waals surface area contributed by atoms with Gasteiger partial charge in [0.2, 0.25) is 0 Å². The molecule has 5 heteroatoms. The number of benzene rings is 1. The van der Waals surface area contributed by atoms with Gasteiger partial charge in [0.25, 0.3) is 0 Å². The van der Waals surface area contributed by atoms with Gasteiger partial charge in [-0.3, -0.25) is 4.98 Å². The minimum absolute atomic E-state index is 0.609. The van der Waals surface area contributed by atoms with Crippen molar-refractivity contribution in [3.05, 3.63) is 52.3 Å². The molecule has 0 unspecified atom stereocenters. The zero-order valence-electron chi connectivity index (χ0n) is 12.9. The third-order valence-electron chi connectivity index (χ3n) is 3.07. The van der Waals surface area contributed by atoms with Crippen LogP contribution < -0.4 is 14.8 Å². The summed E-state index contributed by atoms with van der Waals surface area (Å²) >= 11 is 3.56. The maximum Gasteiger partial charge on any atom is 0.175 e. The van der Waals surface area contributed by atoms with Crippen molar-refractivity contribution < 1.29 is 9.47 Å². The van der Waals surface area contributed by atoms with Gasteiger partial charge >= 0.3 is 0 Å². The van der Waals surface area contributed by atoms with E-state index in [1.807, 2.05) is 32.0 Å². The van der Waals surface area contributed by atoms with Crippen LogP contribution in [0.5, 0.6) is 11.5 Å². The molecule has 1 aromatic heterocycles. The monoisotopic (exact) mass is 364 g/mol. The predicted octanol–water partition coefficient (Wildman–Crippen LogP) is 3.93. The first-order chi connectivity index (χ1) is 10.7. The van der Waals surface area contributed by atoms with Crippen LogP contribution >= 0.6 is 15.9 Å². The highest BCUT2D eigenvalue weighted by Crippen LogP contribution is 2.36. The molecule has 118 valence electrons. The van der Waals surface area contributed by atoms with E-state index in [-0.39, 0.29) is 0 Å². The van der Waals surface area contributed by atoms with E-state index in [4.69, 9.17) is 9.47 Å². The molecule has 0 amide bonds. The number of ether oxygens (including phenoxy) is 2. The Morgan fingerprint density at radius 2 is 1.68 bits per heavy atom. The van der Waals surface area contributed by atoms with Crippen molar-refractivity contribution in [3.8, 4) is 11.5 Å². The van der Waals surface area contributed by atoms with Crippen molar-refractivity contribution in [2.75, 3.05) is 13.2 Å². The summed E-state index contributed by atoms with van der Waals surface area (Å²) < 4.78 is 12.3. The summed E-state index contributed by atoms with van der Waals surface area (Å²) in [6, 6.07) is 8.10. The molecule has 1 N–H and O–H groups in total. The SMILES string of the molecule is CCOc1cc(CNCc2ccncc2)cc(Br)c1OCC. The molecule has 22 heavy (non-hydrogen) atoms. The molecule has 0 aliphatic rings. The van der Waals surface area contributed by atoms with Gasteiger partial charge in [-0.15, -0.1) is 0 Å². The lowest BCUT2D eigenvalue weighted by atomic mass is 10.2. The van der Waals surface area contributed by atoms with E-state index in [0.29, 0.717) is 13.2 Å². The molecule has 1 heterocycles. The summed E-state index contributed by atoms with van der Waals surface area (Å²) in [6.07, 6.45) is 3.61. The van der Waals surface area contributed by atoms with Gasteiger partial charge < -0.3 is 14.8 Å². The number of nitrogens with zero attached hydrogens (tertiary/aromatic N) is 1. The molecule has 2 rings (SSSR count). The van der Waals surface area contributed by atoms with Gasteiger partial charge in [-0.1, -0.05) is 0 Å². The Hall–Kier alpha value is -1.59. The first-order valence-corrected chi connectivity index (χ1v) is 8.21. The second kappa shape index (κ2) is 8.76. The molecule has 2 aromatic rings. The van der Waals surface area contributed by atoms with Gasteiger partial charge in [0.05, 0.1) is 17.7 Å². The molecule has 0 aliphatic heterocycles. The Morgan fingerprint density at radius 1 is 1.00 bits per heavy atom. The Labute approximate surface area is 140 Å². The molecule has 0 spiro atoms. The van der Waals surface area contributed by atoms with E-state index < -0.39 is 0 Å². The number of hydrogen-bond acceptors (Lipinski definition) is 4. The first-order valence-electron chi connectivity index (χ1n) is 7.42. The van der Waals surface area contributed by atoms with Gasteiger partial charge in [0.15, 0.2) is 11.5 Å². The molecule has 0 aliphatic carbocycles. The minimum Gasteiger partial charge on any atom is -0.490 e. The highest BCUT2D eigenvalue weighted by molar-refractivity contribution is 9.10. The first kappa shape index (κ1) is 16.8. The molecule has 4 nitrogen and oxygen atoms in total.